The van der Waals surface area contributed by atoms with Gasteiger partial charge in [-0.25, -0.2) is 0 Å². The Hall–Kier alpha value is -4.04. The number of para-hydroxylation sites is 1. The third-order valence-corrected chi connectivity index (χ3v) is 6.51. The van der Waals surface area contributed by atoms with Gasteiger partial charge in [0.2, 0.25) is 0 Å². The van der Waals surface area contributed by atoms with E-state index in [0.29, 0.717) is 46.2 Å². The van der Waals surface area contributed by atoms with E-state index in [9.17, 15) is 35.7 Å². The zero-order valence-electron chi connectivity index (χ0n) is 20.2. The third-order valence-electron chi connectivity index (χ3n) is 6.51. The fourth-order valence-electron chi connectivity index (χ4n) is 4.53. The molecule has 4 aromatic rings. The molecule has 0 aromatic heterocycles. The summed E-state index contributed by atoms with van der Waals surface area (Å²) >= 11 is 0. The van der Waals surface area contributed by atoms with Crippen LogP contribution >= 0.6 is 0 Å². The minimum absolute atomic E-state index is 0.0171. The van der Waals surface area contributed by atoms with Gasteiger partial charge in [-0.05, 0) is 64.1 Å². The lowest BCUT2D eigenvalue weighted by Crippen LogP contribution is -2.00. The first-order valence-corrected chi connectivity index (χ1v) is 11.9. The predicted molar refractivity (Wildman–Crippen MR) is 139 cm³/mol. The van der Waals surface area contributed by atoms with E-state index >= 15 is 0 Å². The SMILES string of the molecule is OCc1cc(Cc2cc(Cc3cc(CO)c(O)c(Cc4cccc(CO)c4O)c3)ccc2O)ccc1O. The van der Waals surface area contributed by atoms with Gasteiger partial charge in [0.05, 0.1) is 19.8 Å². The maximum Gasteiger partial charge on any atom is 0.124 e. The number of rotatable bonds is 9. The summed E-state index contributed by atoms with van der Waals surface area (Å²) < 4.78 is 0. The zero-order valence-corrected chi connectivity index (χ0v) is 20.2. The number of aliphatic hydroxyl groups is 3. The Morgan fingerprint density at radius 3 is 1.59 bits per heavy atom. The van der Waals surface area contributed by atoms with Gasteiger partial charge in [0.1, 0.15) is 23.0 Å². The van der Waals surface area contributed by atoms with E-state index in [0.717, 1.165) is 16.7 Å². The highest BCUT2D eigenvalue weighted by Crippen LogP contribution is 2.32. The van der Waals surface area contributed by atoms with E-state index in [1.54, 1.807) is 48.5 Å². The van der Waals surface area contributed by atoms with Gasteiger partial charge < -0.3 is 35.7 Å². The number of benzene rings is 4. The van der Waals surface area contributed by atoms with E-state index in [2.05, 4.69) is 0 Å². The van der Waals surface area contributed by atoms with Crippen molar-refractivity contribution in [1.29, 1.82) is 0 Å². The van der Waals surface area contributed by atoms with Crippen LogP contribution in [-0.4, -0.2) is 35.7 Å². The van der Waals surface area contributed by atoms with Crippen molar-refractivity contribution in [1.82, 2.24) is 0 Å². The number of aliphatic hydroxyl groups excluding tert-OH is 3. The molecule has 7 heteroatoms. The molecule has 7 nitrogen and oxygen atoms in total. The van der Waals surface area contributed by atoms with Crippen LogP contribution in [-0.2, 0) is 39.1 Å². The van der Waals surface area contributed by atoms with Crippen LogP contribution in [0.3, 0.4) is 0 Å². The Bertz CT molecular complexity index is 1410. The molecular formula is C30H30O7. The van der Waals surface area contributed by atoms with Gasteiger partial charge in [0.15, 0.2) is 0 Å². The molecule has 0 aliphatic carbocycles. The van der Waals surface area contributed by atoms with Crippen molar-refractivity contribution >= 4 is 0 Å². The lowest BCUT2D eigenvalue weighted by Gasteiger charge is -2.15. The van der Waals surface area contributed by atoms with Crippen molar-refractivity contribution in [2.75, 3.05) is 0 Å². The summed E-state index contributed by atoms with van der Waals surface area (Å²) in [5.74, 6) is 0.0769. The molecular weight excluding hydrogens is 472 g/mol. The maximum atomic E-state index is 10.7. The molecule has 0 aliphatic rings. The topological polar surface area (TPSA) is 142 Å². The normalized spacial score (nSPS) is 11.1. The largest absolute Gasteiger partial charge is 0.508 e. The van der Waals surface area contributed by atoms with Crippen molar-refractivity contribution < 1.29 is 35.7 Å². The van der Waals surface area contributed by atoms with Crippen LogP contribution in [0.25, 0.3) is 0 Å². The van der Waals surface area contributed by atoms with Crippen LogP contribution in [0.1, 0.15) is 50.1 Å². The lowest BCUT2D eigenvalue weighted by molar-refractivity contribution is 0.274. The van der Waals surface area contributed by atoms with E-state index in [1.165, 1.54) is 6.07 Å². The first-order chi connectivity index (χ1) is 17.8. The molecule has 4 aromatic carbocycles. The van der Waals surface area contributed by atoms with Crippen LogP contribution in [0.4, 0.5) is 0 Å². The summed E-state index contributed by atoms with van der Waals surface area (Å²) in [6, 6.07) is 18.9. The average molecular weight is 503 g/mol. The lowest BCUT2D eigenvalue weighted by atomic mass is 9.93. The second-order valence-electron chi connectivity index (χ2n) is 9.12. The van der Waals surface area contributed by atoms with Crippen LogP contribution in [0.15, 0.2) is 66.7 Å². The van der Waals surface area contributed by atoms with Gasteiger partial charge in [0.25, 0.3) is 0 Å². The number of phenols is 4. The number of aromatic hydroxyl groups is 4. The summed E-state index contributed by atoms with van der Waals surface area (Å²) in [7, 11) is 0. The average Bonchev–Trinajstić information content (AvgIpc) is 2.90. The summed E-state index contributed by atoms with van der Waals surface area (Å²) in [6.07, 6.45) is 1.07. The monoisotopic (exact) mass is 502 g/mol. The molecule has 4 rings (SSSR count). The summed E-state index contributed by atoms with van der Waals surface area (Å²) in [6.45, 7) is -0.948. The van der Waals surface area contributed by atoms with Crippen LogP contribution in [0.5, 0.6) is 23.0 Å². The second-order valence-corrected chi connectivity index (χ2v) is 9.12. The van der Waals surface area contributed by atoms with Gasteiger partial charge in [-0.15, -0.1) is 0 Å². The Kier molecular flexibility index (Phi) is 7.98. The molecule has 192 valence electrons. The van der Waals surface area contributed by atoms with Gasteiger partial charge in [-0.3, -0.25) is 0 Å². The van der Waals surface area contributed by atoms with Gasteiger partial charge in [0, 0.05) is 29.5 Å². The fourth-order valence-corrected chi connectivity index (χ4v) is 4.53. The molecule has 0 spiro atoms. The third kappa shape index (κ3) is 5.86. The quantitative estimate of drug-likeness (QED) is 0.185. The van der Waals surface area contributed by atoms with E-state index < -0.39 is 0 Å². The van der Waals surface area contributed by atoms with E-state index in [-0.39, 0.29) is 49.2 Å². The highest BCUT2D eigenvalue weighted by Gasteiger charge is 2.15. The number of phenolic OH excluding ortho intramolecular Hbond substituents is 1. The first kappa shape index (κ1) is 26.0. The van der Waals surface area contributed by atoms with Crippen LogP contribution in [0.2, 0.25) is 0 Å². The second kappa shape index (κ2) is 11.3. The van der Waals surface area contributed by atoms with Crippen LogP contribution < -0.4 is 0 Å². The molecule has 37 heavy (non-hydrogen) atoms. The predicted octanol–water partition coefficient (Wildman–Crippen LogP) is 3.76. The molecule has 0 atom stereocenters. The van der Waals surface area contributed by atoms with Crippen molar-refractivity contribution in [3.8, 4) is 23.0 Å². The Morgan fingerprint density at radius 1 is 0.405 bits per heavy atom. The molecule has 0 radical (unpaired) electrons. The molecule has 0 amide bonds. The Balaban J connectivity index is 1.63. The standard InChI is InChI=1S/C30H30O7/c31-15-22-3-1-2-21(29(22)36)14-24-12-20(13-26(17-33)30(24)37)8-18-4-6-27(34)23(9-18)10-19-5-7-28(35)25(11-19)16-32/h1-7,9,11-13,31-37H,8,10,14-17H2. The fraction of sp³-hybridized carbons (Fsp3) is 0.200. The molecule has 0 heterocycles. The smallest absolute Gasteiger partial charge is 0.124 e. The minimum Gasteiger partial charge on any atom is -0.508 e. The molecule has 0 bridgehead atoms. The number of hydrogen-bond acceptors (Lipinski definition) is 7. The maximum absolute atomic E-state index is 10.7. The van der Waals surface area contributed by atoms with Crippen molar-refractivity contribution in [3.63, 3.8) is 0 Å². The Morgan fingerprint density at radius 2 is 0.919 bits per heavy atom. The van der Waals surface area contributed by atoms with E-state index in [1.807, 2.05) is 12.1 Å². The summed E-state index contributed by atoms with van der Waals surface area (Å²) in [4.78, 5) is 0. The van der Waals surface area contributed by atoms with Crippen molar-refractivity contribution in [2.45, 2.75) is 39.1 Å². The zero-order chi connectivity index (χ0) is 26.5. The van der Waals surface area contributed by atoms with Crippen LogP contribution in [0, 0.1) is 0 Å². The molecule has 0 fully saturated rings. The molecule has 0 saturated heterocycles. The highest BCUT2D eigenvalue weighted by molar-refractivity contribution is 5.50. The summed E-state index contributed by atoms with van der Waals surface area (Å²) in [5.41, 5.74) is 5.50. The minimum atomic E-state index is -0.357. The van der Waals surface area contributed by atoms with Gasteiger partial charge >= 0.3 is 0 Å². The Labute approximate surface area is 214 Å². The molecule has 7 N–H and O–H groups in total. The van der Waals surface area contributed by atoms with Gasteiger partial charge in [-0.2, -0.15) is 0 Å². The molecule has 0 saturated carbocycles. The first-order valence-electron chi connectivity index (χ1n) is 11.9. The van der Waals surface area contributed by atoms with E-state index in [4.69, 9.17) is 0 Å². The van der Waals surface area contributed by atoms with Crippen molar-refractivity contribution in [3.05, 3.63) is 117 Å². The van der Waals surface area contributed by atoms with Gasteiger partial charge in [-0.1, -0.05) is 42.5 Å². The summed E-state index contributed by atoms with van der Waals surface area (Å²) in [5, 5.41) is 70.1. The molecule has 0 aliphatic heterocycles. The number of hydrogen-bond donors (Lipinski definition) is 7. The van der Waals surface area contributed by atoms with Crippen molar-refractivity contribution in [2.24, 2.45) is 0 Å². The molecule has 0 unspecified atom stereocenters. The highest BCUT2D eigenvalue weighted by atomic mass is 16.3.